The highest BCUT2D eigenvalue weighted by atomic mass is 35.5. The van der Waals surface area contributed by atoms with Crippen LogP contribution in [0.25, 0.3) is 11.4 Å². The van der Waals surface area contributed by atoms with E-state index in [0.29, 0.717) is 23.0 Å². The standard InChI is InChI=1S/C22H16ClF2N3S/c23-18-12-20(25)19(24)11-17(18)14-29-22-27-26-21(16-9-5-2-6-10-16)28(22)13-15-7-3-1-4-8-15/h1-12H,13-14H2. The second kappa shape index (κ2) is 8.76. The summed E-state index contributed by atoms with van der Waals surface area (Å²) < 4.78 is 28.9. The highest BCUT2D eigenvalue weighted by molar-refractivity contribution is 7.98. The maximum Gasteiger partial charge on any atom is 0.192 e. The molecule has 4 rings (SSSR count). The number of hydrogen-bond donors (Lipinski definition) is 0. The Hall–Kier alpha value is -2.70. The lowest BCUT2D eigenvalue weighted by atomic mass is 10.2. The first-order valence-corrected chi connectivity index (χ1v) is 10.3. The maximum atomic E-state index is 13.6. The zero-order chi connectivity index (χ0) is 20.2. The quantitative estimate of drug-likeness (QED) is 0.270. The molecule has 0 aliphatic carbocycles. The summed E-state index contributed by atoms with van der Waals surface area (Å²) in [6.07, 6.45) is 0. The van der Waals surface area contributed by atoms with Gasteiger partial charge in [-0.05, 0) is 23.3 Å². The van der Waals surface area contributed by atoms with Gasteiger partial charge in [0.1, 0.15) is 0 Å². The minimum Gasteiger partial charge on any atom is -0.298 e. The Balaban J connectivity index is 1.66. The average molecular weight is 428 g/mol. The molecular weight excluding hydrogens is 412 g/mol. The topological polar surface area (TPSA) is 30.7 Å². The lowest BCUT2D eigenvalue weighted by molar-refractivity contribution is 0.507. The van der Waals surface area contributed by atoms with Crippen LogP contribution in [0.1, 0.15) is 11.1 Å². The molecule has 0 spiro atoms. The summed E-state index contributed by atoms with van der Waals surface area (Å²) in [5.41, 5.74) is 2.57. The first kappa shape index (κ1) is 19.6. The van der Waals surface area contributed by atoms with Crippen LogP contribution in [-0.4, -0.2) is 14.8 Å². The second-order valence-corrected chi connectivity index (χ2v) is 7.74. The van der Waals surface area contributed by atoms with Gasteiger partial charge in [0.15, 0.2) is 22.6 Å². The Morgan fingerprint density at radius 3 is 2.24 bits per heavy atom. The molecule has 1 aromatic heterocycles. The third-order valence-electron chi connectivity index (χ3n) is 4.38. The van der Waals surface area contributed by atoms with E-state index in [9.17, 15) is 8.78 Å². The van der Waals surface area contributed by atoms with Crippen molar-refractivity contribution in [2.24, 2.45) is 0 Å². The third kappa shape index (κ3) is 4.49. The number of benzene rings is 3. The van der Waals surface area contributed by atoms with Gasteiger partial charge >= 0.3 is 0 Å². The van der Waals surface area contributed by atoms with E-state index >= 15 is 0 Å². The first-order valence-electron chi connectivity index (χ1n) is 8.90. The van der Waals surface area contributed by atoms with Crippen LogP contribution in [0.2, 0.25) is 5.02 Å². The number of hydrogen-bond acceptors (Lipinski definition) is 3. The van der Waals surface area contributed by atoms with Crippen LogP contribution >= 0.6 is 23.4 Å². The Bertz CT molecular complexity index is 1120. The molecule has 146 valence electrons. The van der Waals surface area contributed by atoms with Gasteiger partial charge in [0.05, 0.1) is 6.54 Å². The van der Waals surface area contributed by atoms with Crippen LogP contribution in [0, 0.1) is 11.6 Å². The number of thioether (sulfide) groups is 1. The molecule has 0 unspecified atom stereocenters. The number of rotatable bonds is 6. The number of aromatic nitrogens is 3. The molecule has 0 N–H and O–H groups in total. The molecule has 1 heterocycles. The zero-order valence-corrected chi connectivity index (χ0v) is 16.8. The Morgan fingerprint density at radius 2 is 1.52 bits per heavy atom. The molecule has 0 aliphatic rings. The van der Waals surface area contributed by atoms with Crippen molar-refractivity contribution >= 4 is 23.4 Å². The highest BCUT2D eigenvalue weighted by Crippen LogP contribution is 2.30. The molecule has 3 aromatic carbocycles. The fourth-order valence-corrected chi connectivity index (χ4v) is 4.15. The van der Waals surface area contributed by atoms with E-state index in [4.69, 9.17) is 11.6 Å². The summed E-state index contributed by atoms with van der Waals surface area (Å²) in [5, 5.41) is 9.58. The van der Waals surface area contributed by atoms with Gasteiger partial charge in [-0.15, -0.1) is 10.2 Å². The first-order chi connectivity index (χ1) is 14.1. The van der Waals surface area contributed by atoms with Gasteiger partial charge in [0.2, 0.25) is 0 Å². The van der Waals surface area contributed by atoms with Crippen LogP contribution in [0.4, 0.5) is 8.78 Å². The van der Waals surface area contributed by atoms with E-state index in [0.717, 1.165) is 29.1 Å². The normalized spacial score (nSPS) is 11.0. The SMILES string of the molecule is Fc1cc(Cl)c(CSc2nnc(-c3ccccc3)n2Cc2ccccc2)cc1F. The van der Waals surface area contributed by atoms with Crippen LogP contribution < -0.4 is 0 Å². The van der Waals surface area contributed by atoms with Crippen LogP contribution in [-0.2, 0) is 12.3 Å². The van der Waals surface area contributed by atoms with E-state index in [1.807, 2.05) is 65.2 Å². The Labute approximate surface area is 176 Å². The summed E-state index contributed by atoms with van der Waals surface area (Å²) in [5.74, 6) is -0.783. The molecule has 0 bridgehead atoms. The predicted octanol–water partition coefficient (Wildman–Crippen LogP) is 6.22. The molecule has 0 saturated carbocycles. The molecule has 29 heavy (non-hydrogen) atoms. The summed E-state index contributed by atoms with van der Waals surface area (Å²) in [6, 6.07) is 21.9. The summed E-state index contributed by atoms with van der Waals surface area (Å²) in [6.45, 7) is 0.589. The molecule has 0 aliphatic heterocycles. The zero-order valence-electron chi connectivity index (χ0n) is 15.2. The van der Waals surface area contributed by atoms with Gasteiger partial charge in [0, 0.05) is 16.3 Å². The molecule has 0 atom stereocenters. The Kier molecular flexibility index (Phi) is 5.92. The molecular formula is C22H16ClF2N3S. The van der Waals surface area contributed by atoms with Gasteiger partial charge in [-0.25, -0.2) is 8.78 Å². The van der Waals surface area contributed by atoms with E-state index in [1.54, 1.807) is 0 Å². The fourth-order valence-electron chi connectivity index (χ4n) is 2.92. The monoisotopic (exact) mass is 427 g/mol. The van der Waals surface area contributed by atoms with Crippen molar-refractivity contribution in [2.75, 3.05) is 0 Å². The summed E-state index contributed by atoms with van der Waals surface area (Å²) >= 11 is 7.45. The van der Waals surface area contributed by atoms with Gasteiger partial charge < -0.3 is 0 Å². The van der Waals surface area contributed by atoms with Crippen LogP contribution in [0.15, 0.2) is 78.0 Å². The van der Waals surface area contributed by atoms with Crippen molar-refractivity contribution in [2.45, 2.75) is 17.5 Å². The predicted molar refractivity (Wildman–Crippen MR) is 112 cm³/mol. The largest absolute Gasteiger partial charge is 0.298 e. The van der Waals surface area contributed by atoms with Crippen molar-refractivity contribution in [3.8, 4) is 11.4 Å². The minimum absolute atomic E-state index is 0.189. The minimum atomic E-state index is -0.956. The molecule has 0 radical (unpaired) electrons. The highest BCUT2D eigenvalue weighted by Gasteiger charge is 2.16. The van der Waals surface area contributed by atoms with Crippen molar-refractivity contribution in [3.63, 3.8) is 0 Å². The van der Waals surface area contributed by atoms with E-state index in [2.05, 4.69) is 10.2 Å². The van der Waals surface area contributed by atoms with E-state index in [-0.39, 0.29) is 5.02 Å². The van der Waals surface area contributed by atoms with Gasteiger partial charge in [-0.1, -0.05) is 84.0 Å². The summed E-state index contributed by atoms with van der Waals surface area (Å²) in [7, 11) is 0. The second-order valence-electron chi connectivity index (χ2n) is 6.39. The lowest BCUT2D eigenvalue weighted by Crippen LogP contribution is -2.04. The van der Waals surface area contributed by atoms with Crippen molar-refractivity contribution in [1.82, 2.24) is 14.8 Å². The summed E-state index contributed by atoms with van der Waals surface area (Å²) in [4.78, 5) is 0. The van der Waals surface area contributed by atoms with Gasteiger partial charge in [-0.2, -0.15) is 0 Å². The number of halogens is 3. The third-order valence-corrected chi connectivity index (χ3v) is 5.75. The van der Waals surface area contributed by atoms with Crippen LogP contribution in [0.3, 0.4) is 0 Å². The van der Waals surface area contributed by atoms with Crippen LogP contribution in [0.5, 0.6) is 0 Å². The molecule has 0 fully saturated rings. The lowest BCUT2D eigenvalue weighted by Gasteiger charge is -2.11. The van der Waals surface area contributed by atoms with Gasteiger partial charge in [0.25, 0.3) is 0 Å². The molecule has 0 amide bonds. The van der Waals surface area contributed by atoms with Crippen molar-refractivity contribution < 1.29 is 8.78 Å². The average Bonchev–Trinajstić information content (AvgIpc) is 3.13. The van der Waals surface area contributed by atoms with Crippen molar-refractivity contribution in [3.05, 3.63) is 101 Å². The molecule has 3 nitrogen and oxygen atoms in total. The fraction of sp³-hybridized carbons (Fsp3) is 0.0909. The molecule has 7 heteroatoms. The van der Waals surface area contributed by atoms with E-state index in [1.165, 1.54) is 11.8 Å². The number of nitrogens with zero attached hydrogens (tertiary/aromatic N) is 3. The molecule has 0 saturated heterocycles. The van der Waals surface area contributed by atoms with Gasteiger partial charge in [-0.3, -0.25) is 4.57 Å². The molecule has 4 aromatic rings. The Morgan fingerprint density at radius 1 is 0.862 bits per heavy atom. The maximum absolute atomic E-state index is 13.6. The van der Waals surface area contributed by atoms with Crippen molar-refractivity contribution in [1.29, 1.82) is 0 Å². The smallest absolute Gasteiger partial charge is 0.192 e. The van der Waals surface area contributed by atoms with E-state index < -0.39 is 11.6 Å².